The van der Waals surface area contributed by atoms with Crippen molar-refractivity contribution in [1.82, 2.24) is 0 Å². The van der Waals surface area contributed by atoms with Crippen molar-refractivity contribution in [2.75, 3.05) is 0 Å². The van der Waals surface area contributed by atoms with Crippen molar-refractivity contribution in [3.63, 3.8) is 0 Å². The number of phenolic OH excluding ortho intramolecular Hbond substituents is 1. The van der Waals surface area contributed by atoms with E-state index in [0.29, 0.717) is 0 Å². The summed E-state index contributed by atoms with van der Waals surface area (Å²) < 4.78 is 0. The molecular weight excluding hydrogens is 350 g/mol. The minimum absolute atomic E-state index is 0.0366. The first kappa shape index (κ1) is 18.7. The van der Waals surface area contributed by atoms with Gasteiger partial charge in [-0.3, -0.25) is 10.1 Å². The Morgan fingerprint density at radius 3 is 2.46 bits per heavy atom. The minimum Gasteiger partial charge on any atom is -0.508 e. The maximum absolute atomic E-state index is 11.5. The molecule has 2 aliphatic carbocycles. The number of fused-ring (bicyclic) bond motifs is 5. The molecule has 2 aromatic carbocycles. The van der Waals surface area contributed by atoms with E-state index < -0.39 is 0 Å². The summed E-state index contributed by atoms with van der Waals surface area (Å²) in [5.74, 6) is 0.546. The number of phenols is 1. The Morgan fingerprint density at radius 2 is 1.86 bits per heavy atom. The van der Waals surface area contributed by atoms with Crippen LogP contribution in [0.15, 0.2) is 49.1 Å². The lowest BCUT2D eigenvalue weighted by Gasteiger charge is -2.46. The molecule has 0 saturated heterocycles. The zero-order valence-corrected chi connectivity index (χ0v) is 16.7. The number of aromatic hydroxyl groups is 1. The quantitative estimate of drug-likeness (QED) is 0.406. The number of nitrogens with zero attached hydrogens (tertiary/aromatic N) is 1. The van der Waals surface area contributed by atoms with Crippen LogP contribution in [0, 0.1) is 16.0 Å². The number of hydrogen-bond donors (Lipinski definition) is 1. The van der Waals surface area contributed by atoms with Crippen LogP contribution >= 0.6 is 0 Å². The Kier molecular flexibility index (Phi) is 4.14. The van der Waals surface area contributed by atoms with E-state index in [-0.39, 0.29) is 39.0 Å². The first-order valence-electron chi connectivity index (χ1n) is 10.1. The van der Waals surface area contributed by atoms with Crippen LogP contribution in [0.3, 0.4) is 0 Å². The van der Waals surface area contributed by atoms with Crippen LogP contribution in [0.5, 0.6) is 5.75 Å². The van der Waals surface area contributed by atoms with Gasteiger partial charge in [-0.2, -0.15) is 0 Å². The Bertz CT molecular complexity index is 982. The molecule has 4 rings (SSSR count). The third-order valence-corrected chi connectivity index (χ3v) is 7.57. The van der Waals surface area contributed by atoms with E-state index >= 15 is 0 Å². The fourth-order valence-electron chi connectivity index (χ4n) is 5.89. The summed E-state index contributed by atoms with van der Waals surface area (Å²) >= 11 is 0. The zero-order valence-electron chi connectivity index (χ0n) is 16.7. The highest BCUT2D eigenvalue weighted by Gasteiger charge is 2.55. The van der Waals surface area contributed by atoms with E-state index in [2.05, 4.69) is 33.4 Å². The fraction of sp³-hybridized carbons (Fsp3) is 0.417. The van der Waals surface area contributed by atoms with Crippen molar-refractivity contribution in [2.45, 2.75) is 56.8 Å². The van der Waals surface area contributed by atoms with Gasteiger partial charge in [0.25, 0.3) is 5.69 Å². The highest BCUT2D eigenvalue weighted by atomic mass is 16.6. The van der Waals surface area contributed by atoms with Crippen molar-refractivity contribution in [3.05, 3.63) is 81.4 Å². The molecule has 0 heterocycles. The number of hydrogen-bond acceptors (Lipinski definition) is 3. The molecule has 4 unspecified atom stereocenters. The predicted molar refractivity (Wildman–Crippen MR) is 111 cm³/mol. The molecule has 0 aromatic heterocycles. The first-order valence-corrected chi connectivity index (χ1v) is 10.1. The summed E-state index contributed by atoms with van der Waals surface area (Å²) in [4.78, 5) is 11.2. The number of non-ortho nitro benzene ring substituents is 1. The summed E-state index contributed by atoms with van der Waals surface area (Å²) in [7, 11) is 0. The topological polar surface area (TPSA) is 63.4 Å². The molecule has 0 amide bonds. The highest BCUT2D eigenvalue weighted by Crippen LogP contribution is 2.63. The van der Waals surface area contributed by atoms with E-state index in [9.17, 15) is 15.2 Å². The van der Waals surface area contributed by atoms with Gasteiger partial charge < -0.3 is 5.11 Å². The van der Waals surface area contributed by atoms with Gasteiger partial charge in [-0.15, -0.1) is 6.58 Å². The molecule has 0 saturated carbocycles. The molecule has 2 aliphatic rings. The van der Waals surface area contributed by atoms with Crippen LogP contribution in [-0.4, -0.2) is 10.0 Å². The van der Waals surface area contributed by atoms with Crippen molar-refractivity contribution in [2.24, 2.45) is 5.92 Å². The second-order valence-corrected chi connectivity index (χ2v) is 8.60. The Balaban J connectivity index is 2.06. The van der Waals surface area contributed by atoms with Gasteiger partial charge in [-0.25, -0.2) is 0 Å². The van der Waals surface area contributed by atoms with E-state index in [1.54, 1.807) is 18.2 Å². The molecule has 0 aliphatic heterocycles. The molecule has 0 bridgehead atoms. The van der Waals surface area contributed by atoms with Gasteiger partial charge in [0.2, 0.25) is 0 Å². The molecule has 4 nitrogen and oxygen atoms in total. The van der Waals surface area contributed by atoms with E-state index in [1.807, 2.05) is 18.2 Å². The monoisotopic (exact) mass is 377 g/mol. The normalized spacial score (nSPS) is 30.2. The molecule has 4 heteroatoms. The number of allylic oxidation sites excluding steroid dienone is 1. The summed E-state index contributed by atoms with van der Waals surface area (Å²) in [5, 5.41) is 21.7. The first-order chi connectivity index (χ1) is 13.3. The molecular formula is C24H27NO3. The van der Waals surface area contributed by atoms with Crippen LogP contribution in [0.4, 0.5) is 5.69 Å². The Hall–Kier alpha value is -2.62. The molecule has 0 radical (unpaired) electrons. The maximum atomic E-state index is 11.5. The molecule has 4 atom stereocenters. The smallest absolute Gasteiger partial charge is 0.269 e. The van der Waals surface area contributed by atoms with Crippen molar-refractivity contribution in [3.8, 4) is 5.75 Å². The Morgan fingerprint density at radius 1 is 1.18 bits per heavy atom. The SMILES string of the molecule is C=CC1(CC)c2ccc(O)cc2C2c3cc([N+](=O)[O-])ccc3C(C)(CC)CC21. The maximum Gasteiger partial charge on any atom is 0.269 e. The third kappa shape index (κ3) is 2.30. The number of rotatable bonds is 4. The van der Waals surface area contributed by atoms with Gasteiger partial charge in [0.15, 0.2) is 0 Å². The second kappa shape index (κ2) is 6.20. The van der Waals surface area contributed by atoms with Crippen molar-refractivity contribution >= 4 is 5.69 Å². The standard InChI is InChI=1S/C24H27NO3/c1-5-23(4)14-21-22(17-12-15(25(27)28)8-10-19(17)23)18-13-16(26)9-11-20(18)24(21,6-2)7-3/h6,8-13,21-22,26H,2,5,7,14H2,1,3-4H3. The van der Waals surface area contributed by atoms with Gasteiger partial charge in [-0.05, 0) is 65.0 Å². The molecule has 2 aromatic rings. The molecule has 1 N–H and O–H groups in total. The lowest BCUT2D eigenvalue weighted by molar-refractivity contribution is -0.385. The third-order valence-electron chi connectivity index (χ3n) is 7.57. The molecule has 0 fully saturated rings. The van der Waals surface area contributed by atoms with Gasteiger partial charge in [0, 0.05) is 23.5 Å². The highest BCUT2D eigenvalue weighted by molar-refractivity contribution is 5.59. The minimum atomic E-state index is -0.313. The van der Waals surface area contributed by atoms with Crippen LogP contribution in [0.2, 0.25) is 0 Å². The molecule has 28 heavy (non-hydrogen) atoms. The summed E-state index contributed by atoms with van der Waals surface area (Å²) in [6.45, 7) is 10.9. The average molecular weight is 377 g/mol. The number of nitro groups is 1. The zero-order chi connectivity index (χ0) is 20.3. The summed E-state index contributed by atoms with van der Waals surface area (Å²) in [5.41, 5.74) is 4.44. The average Bonchev–Trinajstić information content (AvgIpc) is 2.96. The van der Waals surface area contributed by atoms with Gasteiger partial charge in [-0.1, -0.05) is 39.0 Å². The lowest BCUT2D eigenvalue weighted by atomic mass is 9.57. The largest absolute Gasteiger partial charge is 0.508 e. The number of benzene rings is 2. The van der Waals surface area contributed by atoms with E-state index in [1.165, 1.54) is 11.1 Å². The van der Waals surface area contributed by atoms with Gasteiger partial charge >= 0.3 is 0 Å². The summed E-state index contributed by atoms with van der Waals surface area (Å²) in [6.07, 6.45) is 4.96. The van der Waals surface area contributed by atoms with Crippen molar-refractivity contribution < 1.29 is 10.0 Å². The number of nitro benzene ring substituents is 1. The van der Waals surface area contributed by atoms with Crippen molar-refractivity contribution in [1.29, 1.82) is 0 Å². The van der Waals surface area contributed by atoms with E-state index in [0.717, 1.165) is 30.4 Å². The molecule has 146 valence electrons. The fourth-order valence-corrected chi connectivity index (χ4v) is 5.89. The van der Waals surface area contributed by atoms with Crippen LogP contribution in [0.1, 0.15) is 68.2 Å². The molecule has 0 spiro atoms. The van der Waals surface area contributed by atoms with Crippen LogP contribution in [0.25, 0.3) is 0 Å². The predicted octanol–water partition coefficient (Wildman–Crippen LogP) is 5.97. The van der Waals surface area contributed by atoms with E-state index in [4.69, 9.17) is 0 Å². The summed E-state index contributed by atoms with van der Waals surface area (Å²) in [6, 6.07) is 11.0. The van der Waals surface area contributed by atoms with Crippen LogP contribution in [-0.2, 0) is 10.8 Å². The van der Waals surface area contributed by atoms with Crippen LogP contribution < -0.4 is 0 Å². The second-order valence-electron chi connectivity index (χ2n) is 8.60. The lowest BCUT2D eigenvalue weighted by Crippen LogP contribution is -2.40. The van der Waals surface area contributed by atoms with Gasteiger partial charge in [0.1, 0.15) is 5.75 Å². The van der Waals surface area contributed by atoms with Gasteiger partial charge in [0.05, 0.1) is 4.92 Å². The Labute approximate surface area is 166 Å².